The molecule has 3 rings (SSSR count). The first-order valence-electron chi connectivity index (χ1n) is 7.57. The lowest BCUT2D eigenvalue weighted by atomic mass is 9.76. The summed E-state index contributed by atoms with van der Waals surface area (Å²) in [6.45, 7) is 4.36. The first-order chi connectivity index (χ1) is 10.1. The predicted molar refractivity (Wildman–Crippen MR) is 82.2 cm³/mol. The van der Waals surface area contributed by atoms with Gasteiger partial charge in [0, 0.05) is 17.9 Å². The number of ether oxygens (including phenoxy) is 2. The molecule has 3 heteroatoms. The quantitative estimate of drug-likeness (QED) is 0.623. The van der Waals surface area contributed by atoms with Crippen LogP contribution >= 0.6 is 0 Å². The molecular formula is C18H22O3. The summed E-state index contributed by atoms with van der Waals surface area (Å²) in [7, 11) is 1.67. The van der Waals surface area contributed by atoms with Crippen LogP contribution < -0.4 is 9.47 Å². The molecule has 1 aromatic rings. The lowest BCUT2D eigenvalue weighted by Crippen LogP contribution is -2.40. The molecule has 3 nitrogen and oxygen atoms in total. The van der Waals surface area contributed by atoms with Gasteiger partial charge >= 0.3 is 0 Å². The second kappa shape index (κ2) is 5.21. The van der Waals surface area contributed by atoms with Crippen LogP contribution in [0.15, 0.2) is 23.8 Å². The predicted octanol–water partition coefficient (Wildman–Crippen LogP) is 3.95. The number of aldehydes is 1. The van der Waals surface area contributed by atoms with Gasteiger partial charge in [0.2, 0.25) is 0 Å². The lowest BCUT2D eigenvalue weighted by Gasteiger charge is -2.35. The molecule has 2 atom stereocenters. The van der Waals surface area contributed by atoms with E-state index < -0.39 is 0 Å². The topological polar surface area (TPSA) is 35.5 Å². The number of fused-ring (bicyclic) bond motifs is 1. The van der Waals surface area contributed by atoms with Crippen molar-refractivity contribution in [3.05, 3.63) is 34.9 Å². The largest absolute Gasteiger partial charge is 0.496 e. The zero-order valence-corrected chi connectivity index (χ0v) is 12.9. The molecule has 0 aromatic heterocycles. The minimum absolute atomic E-state index is 0.244. The first kappa shape index (κ1) is 14.2. The molecule has 0 amide bonds. The van der Waals surface area contributed by atoms with Gasteiger partial charge in [0.15, 0.2) is 6.29 Å². The Kier molecular flexibility index (Phi) is 3.52. The number of hydrogen-bond acceptors (Lipinski definition) is 3. The lowest BCUT2D eigenvalue weighted by molar-refractivity contribution is 0.0416. The van der Waals surface area contributed by atoms with E-state index in [1.807, 2.05) is 6.07 Å². The number of benzene rings is 1. The number of allylic oxidation sites excluding steroid dienone is 2. The van der Waals surface area contributed by atoms with E-state index >= 15 is 0 Å². The standard InChI is InChI=1S/C18H22O3/c1-12-4-7-14(8-5-12)18(2)10-15-16(20-3)9-6-13(11-19)17(15)21-18/h4,6,9,11,14H,5,7-8,10H2,1-3H3/t14-,18?/m1/s1. The van der Waals surface area contributed by atoms with Gasteiger partial charge in [-0.05, 0) is 45.2 Å². The Labute approximate surface area is 125 Å². The van der Waals surface area contributed by atoms with Gasteiger partial charge in [-0.25, -0.2) is 0 Å². The molecule has 0 radical (unpaired) electrons. The Balaban J connectivity index is 1.94. The fourth-order valence-electron chi connectivity index (χ4n) is 3.57. The molecule has 112 valence electrons. The SMILES string of the molecule is COc1ccc(C=O)c2c1CC(C)([C@@H]1CC=C(C)CC1)O2. The fourth-order valence-corrected chi connectivity index (χ4v) is 3.57. The van der Waals surface area contributed by atoms with Crippen LogP contribution in [0, 0.1) is 5.92 Å². The van der Waals surface area contributed by atoms with Crippen LogP contribution in [0.3, 0.4) is 0 Å². The molecule has 1 aliphatic heterocycles. The van der Waals surface area contributed by atoms with E-state index in [9.17, 15) is 4.79 Å². The molecule has 0 bridgehead atoms. The van der Waals surface area contributed by atoms with Crippen LogP contribution in [-0.4, -0.2) is 19.0 Å². The maximum Gasteiger partial charge on any atom is 0.153 e. The van der Waals surface area contributed by atoms with Gasteiger partial charge < -0.3 is 9.47 Å². The minimum atomic E-state index is -0.244. The molecule has 2 aliphatic rings. The van der Waals surface area contributed by atoms with Crippen molar-refractivity contribution >= 4 is 6.29 Å². The summed E-state index contributed by atoms with van der Waals surface area (Å²) in [4.78, 5) is 11.3. The molecule has 0 fully saturated rings. The third-order valence-corrected chi connectivity index (χ3v) is 4.96. The summed E-state index contributed by atoms with van der Waals surface area (Å²) in [6.07, 6.45) is 7.33. The second-order valence-electron chi connectivity index (χ2n) is 6.40. The van der Waals surface area contributed by atoms with Crippen molar-refractivity contribution in [2.24, 2.45) is 5.92 Å². The van der Waals surface area contributed by atoms with Crippen LogP contribution in [0.5, 0.6) is 11.5 Å². The number of carbonyl (C=O) groups excluding carboxylic acids is 1. The zero-order chi connectivity index (χ0) is 15.0. The van der Waals surface area contributed by atoms with Gasteiger partial charge in [-0.2, -0.15) is 0 Å². The summed E-state index contributed by atoms with van der Waals surface area (Å²) in [6, 6.07) is 3.64. The highest BCUT2D eigenvalue weighted by molar-refractivity contribution is 5.82. The van der Waals surface area contributed by atoms with Crippen LogP contribution in [0.1, 0.15) is 49.0 Å². The van der Waals surface area contributed by atoms with Crippen molar-refractivity contribution in [3.63, 3.8) is 0 Å². The summed E-state index contributed by atoms with van der Waals surface area (Å²) in [5.41, 5.74) is 2.89. The van der Waals surface area contributed by atoms with E-state index in [1.54, 1.807) is 13.2 Å². The normalized spacial score (nSPS) is 27.6. The summed E-state index contributed by atoms with van der Waals surface area (Å²) >= 11 is 0. The van der Waals surface area contributed by atoms with Gasteiger partial charge in [-0.15, -0.1) is 0 Å². The fraction of sp³-hybridized carbons (Fsp3) is 0.500. The first-order valence-corrected chi connectivity index (χ1v) is 7.57. The molecule has 21 heavy (non-hydrogen) atoms. The molecule has 0 N–H and O–H groups in total. The molecule has 1 aromatic carbocycles. The van der Waals surface area contributed by atoms with Crippen LogP contribution in [-0.2, 0) is 6.42 Å². The van der Waals surface area contributed by atoms with Gasteiger partial charge in [-0.1, -0.05) is 11.6 Å². The Morgan fingerprint density at radius 3 is 2.86 bits per heavy atom. The zero-order valence-electron chi connectivity index (χ0n) is 12.9. The van der Waals surface area contributed by atoms with Crippen LogP contribution in [0.2, 0.25) is 0 Å². The van der Waals surface area contributed by atoms with Gasteiger partial charge in [-0.3, -0.25) is 4.79 Å². The summed E-state index contributed by atoms with van der Waals surface area (Å²) < 4.78 is 11.7. The van der Waals surface area contributed by atoms with Crippen molar-refractivity contribution < 1.29 is 14.3 Å². The Hall–Kier alpha value is -1.77. The molecule has 1 heterocycles. The number of carbonyl (C=O) groups is 1. The third-order valence-electron chi connectivity index (χ3n) is 4.96. The number of hydrogen-bond donors (Lipinski definition) is 0. The molecule has 0 spiro atoms. The van der Waals surface area contributed by atoms with E-state index in [1.165, 1.54) is 5.57 Å². The van der Waals surface area contributed by atoms with Crippen molar-refractivity contribution in [3.8, 4) is 11.5 Å². The maximum atomic E-state index is 11.3. The number of rotatable bonds is 3. The van der Waals surface area contributed by atoms with Crippen LogP contribution in [0.25, 0.3) is 0 Å². The molecular weight excluding hydrogens is 264 g/mol. The minimum Gasteiger partial charge on any atom is -0.496 e. The van der Waals surface area contributed by atoms with E-state index in [2.05, 4.69) is 19.9 Å². The van der Waals surface area contributed by atoms with Crippen molar-refractivity contribution in [1.29, 1.82) is 0 Å². The number of methoxy groups -OCH3 is 1. The Morgan fingerprint density at radius 2 is 2.24 bits per heavy atom. The van der Waals surface area contributed by atoms with Gasteiger partial charge in [0.05, 0.1) is 12.7 Å². The van der Waals surface area contributed by atoms with E-state index in [0.29, 0.717) is 11.5 Å². The second-order valence-corrected chi connectivity index (χ2v) is 6.40. The highest BCUT2D eigenvalue weighted by Crippen LogP contribution is 2.47. The molecule has 0 saturated heterocycles. The van der Waals surface area contributed by atoms with Crippen LogP contribution in [0.4, 0.5) is 0 Å². The Morgan fingerprint density at radius 1 is 1.43 bits per heavy atom. The highest BCUT2D eigenvalue weighted by atomic mass is 16.5. The van der Waals surface area contributed by atoms with Crippen molar-refractivity contribution in [2.45, 2.75) is 45.1 Å². The summed E-state index contributed by atoms with van der Waals surface area (Å²) in [5, 5.41) is 0. The average Bonchev–Trinajstić information content (AvgIpc) is 2.85. The molecule has 1 aliphatic carbocycles. The van der Waals surface area contributed by atoms with E-state index in [0.717, 1.165) is 49.0 Å². The monoisotopic (exact) mass is 286 g/mol. The maximum absolute atomic E-state index is 11.3. The highest BCUT2D eigenvalue weighted by Gasteiger charge is 2.44. The van der Waals surface area contributed by atoms with E-state index in [-0.39, 0.29) is 5.60 Å². The average molecular weight is 286 g/mol. The summed E-state index contributed by atoms with van der Waals surface area (Å²) in [5.74, 6) is 2.03. The van der Waals surface area contributed by atoms with Crippen molar-refractivity contribution in [2.75, 3.05) is 7.11 Å². The molecule has 1 unspecified atom stereocenters. The third kappa shape index (κ3) is 2.35. The smallest absolute Gasteiger partial charge is 0.153 e. The van der Waals surface area contributed by atoms with Crippen molar-refractivity contribution in [1.82, 2.24) is 0 Å². The Bertz CT molecular complexity index is 603. The van der Waals surface area contributed by atoms with Gasteiger partial charge in [0.1, 0.15) is 17.1 Å². The van der Waals surface area contributed by atoms with Gasteiger partial charge in [0.25, 0.3) is 0 Å². The molecule has 0 saturated carbocycles. The van der Waals surface area contributed by atoms with E-state index in [4.69, 9.17) is 9.47 Å².